The zero-order valence-electron chi connectivity index (χ0n) is 19.6. The summed E-state index contributed by atoms with van der Waals surface area (Å²) < 4.78 is 11.3. The van der Waals surface area contributed by atoms with E-state index in [0.29, 0.717) is 48.1 Å². The highest BCUT2D eigenvalue weighted by atomic mass is 32.1. The molecule has 0 aliphatic carbocycles. The molecule has 3 heterocycles. The number of benzene rings is 1. The van der Waals surface area contributed by atoms with Crippen LogP contribution in [0.2, 0.25) is 0 Å². The van der Waals surface area contributed by atoms with Crippen LogP contribution >= 0.6 is 11.3 Å². The number of Topliss-reactive ketones (excluding diaryl/α,β-unsaturated/α-hetero) is 1. The van der Waals surface area contributed by atoms with Gasteiger partial charge in [0.15, 0.2) is 0 Å². The predicted molar refractivity (Wildman–Crippen MR) is 134 cm³/mol. The number of thiazole rings is 1. The summed E-state index contributed by atoms with van der Waals surface area (Å²) in [5, 5.41) is 3.94. The second-order valence-electron chi connectivity index (χ2n) is 7.88. The van der Waals surface area contributed by atoms with Gasteiger partial charge in [-0.2, -0.15) is 0 Å². The Balaban J connectivity index is 1.54. The van der Waals surface area contributed by atoms with E-state index in [0.717, 1.165) is 16.5 Å². The average Bonchev–Trinajstić information content (AvgIpc) is 3.59. The maximum atomic E-state index is 12.7. The summed E-state index contributed by atoms with van der Waals surface area (Å²) in [5.41, 5.74) is 3.91. The third-order valence-corrected chi connectivity index (χ3v) is 6.25. The number of carbonyl (C=O) groups is 2. The third-order valence-electron chi connectivity index (χ3n) is 5.48. The molecule has 4 aromatic rings. The maximum absolute atomic E-state index is 12.7. The lowest BCUT2D eigenvalue weighted by molar-refractivity contribution is -0.119. The van der Waals surface area contributed by atoms with Gasteiger partial charge < -0.3 is 19.8 Å². The van der Waals surface area contributed by atoms with Gasteiger partial charge in [-0.1, -0.05) is 25.1 Å². The molecule has 4 rings (SSSR count). The number of hydrogen-bond donors (Lipinski definition) is 2. The third kappa shape index (κ3) is 6.09. The molecule has 1 unspecified atom stereocenters. The number of aromatic amines is 1. The number of amides is 1. The van der Waals surface area contributed by atoms with E-state index in [-0.39, 0.29) is 18.3 Å². The molecule has 10 heteroatoms. The van der Waals surface area contributed by atoms with Crippen LogP contribution in [0.3, 0.4) is 0 Å². The molecule has 0 saturated carbocycles. The van der Waals surface area contributed by atoms with Gasteiger partial charge >= 0.3 is 0 Å². The Hall–Kier alpha value is -3.63. The van der Waals surface area contributed by atoms with Crippen LogP contribution in [0.5, 0.6) is 5.88 Å². The quantitative estimate of drug-likeness (QED) is 0.282. The van der Waals surface area contributed by atoms with Gasteiger partial charge in [-0.05, 0) is 18.6 Å². The van der Waals surface area contributed by atoms with Gasteiger partial charge in [-0.3, -0.25) is 14.6 Å². The Labute approximate surface area is 206 Å². The number of aromatic nitrogens is 4. The normalized spacial score (nSPS) is 11.9. The average molecular weight is 494 g/mol. The van der Waals surface area contributed by atoms with E-state index >= 15 is 0 Å². The van der Waals surface area contributed by atoms with Gasteiger partial charge in [-0.25, -0.2) is 9.97 Å². The number of imidazole rings is 1. The Morgan fingerprint density at radius 3 is 2.86 bits per heavy atom. The number of pyridine rings is 1. The summed E-state index contributed by atoms with van der Waals surface area (Å²) in [4.78, 5) is 41.1. The van der Waals surface area contributed by atoms with Gasteiger partial charge in [0.2, 0.25) is 5.88 Å². The molecule has 0 fully saturated rings. The molecule has 1 aromatic carbocycles. The van der Waals surface area contributed by atoms with Gasteiger partial charge in [0.05, 0.1) is 48.4 Å². The van der Waals surface area contributed by atoms with Gasteiger partial charge in [0, 0.05) is 24.8 Å². The molecule has 0 aliphatic heterocycles. The molecule has 182 valence electrons. The first kappa shape index (κ1) is 24.5. The van der Waals surface area contributed by atoms with Crippen molar-refractivity contribution in [2.45, 2.75) is 32.2 Å². The molecular weight excluding hydrogens is 466 g/mol. The van der Waals surface area contributed by atoms with Crippen molar-refractivity contribution in [2.24, 2.45) is 0 Å². The molecule has 1 atom stereocenters. The van der Waals surface area contributed by atoms with Crippen LogP contribution in [0.25, 0.3) is 22.2 Å². The fourth-order valence-electron chi connectivity index (χ4n) is 3.59. The number of methoxy groups -OCH3 is 1. The van der Waals surface area contributed by atoms with Crippen LogP contribution in [0.1, 0.15) is 47.7 Å². The van der Waals surface area contributed by atoms with E-state index in [1.54, 1.807) is 18.8 Å². The Bertz CT molecular complexity index is 1290. The number of carbonyl (C=O) groups excluding carboxylic acids is 2. The minimum Gasteiger partial charge on any atom is -0.480 e. The minimum absolute atomic E-state index is 0.199. The molecule has 0 radical (unpaired) electrons. The molecule has 3 aromatic heterocycles. The van der Waals surface area contributed by atoms with Crippen LogP contribution in [-0.4, -0.2) is 51.9 Å². The molecule has 1 amide bonds. The number of ether oxygens (including phenoxy) is 2. The molecule has 9 nitrogen and oxygen atoms in total. The maximum Gasteiger partial charge on any atom is 0.263 e. The Morgan fingerprint density at radius 2 is 2.09 bits per heavy atom. The van der Waals surface area contributed by atoms with Crippen molar-refractivity contribution >= 4 is 33.9 Å². The van der Waals surface area contributed by atoms with E-state index in [4.69, 9.17) is 9.47 Å². The van der Waals surface area contributed by atoms with Gasteiger partial charge in [0.25, 0.3) is 5.91 Å². The van der Waals surface area contributed by atoms with Crippen LogP contribution in [0.15, 0.2) is 48.2 Å². The van der Waals surface area contributed by atoms with Gasteiger partial charge in [-0.15, -0.1) is 11.3 Å². The lowest BCUT2D eigenvalue weighted by Gasteiger charge is -2.17. The second kappa shape index (κ2) is 11.7. The summed E-state index contributed by atoms with van der Waals surface area (Å²) in [7, 11) is 1.58. The van der Waals surface area contributed by atoms with Crippen LogP contribution in [0, 0.1) is 0 Å². The van der Waals surface area contributed by atoms with E-state index in [1.807, 2.05) is 37.3 Å². The molecule has 0 spiro atoms. The van der Waals surface area contributed by atoms with Crippen molar-refractivity contribution in [1.29, 1.82) is 0 Å². The van der Waals surface area contributed by atoms with Crippen molar-refractivity contribution in [2.75, 3.05) is 20.3 Å². The van der Waals surface area contributed by atoms with Crippen molar-refractivity contribution < 1.29 is 19.1 Å². The van der Waals surface area contributed by atoms with Crippen molar-refractivity contribution in [3.05, 3.63) is 58.9 Å². The number of H-pyrrole nitrogens is 1. The molecular formula is C25H27N5O4S. The zero-order chi connectivity index (χ0) is 24.6. The zero-order valence-corrected chi connectivity index (χ0v) is 20.4. The Kier molecular flexibility index (Phi) is 8.17. The van der Waals surface area contributed by atoms with E-state index in [1.165, 1.54) is 17.5 Å². The standard InChI is InChI=1S/C25H27N5O4S/c1-3-17(31)8-6-10-34-14-21(29-24(32)22-13-26-15-35-22)23-27-12-20(28-23)18-11-16-7-4-5-9-19(16)30-25(18)33-2/h4-5,7,9,11-13,15,21H,3,6,8,10,14H2,1-2H3,(H,27,28)(H,29,32). The van der Waals surface area contributed by atoms with E-state index in [9.17, 15) is 9.59 Å². The monoisotopic (exact) mass is 493 g/mol. The van der Waals surface area contributed by atoms with Crippen molar-refractivity contribution in [1.82, 2.24) is 25.3 Å². The number of para-hydroxylation sites is 1. The smallest absolute Gasteiger partial charge is 0.263 e. The highest BCUT2D eigenvalue weighted by Gasteiger charge is 2.21. The van der Waals surface area contributed by atoms with Gasteiger partial charge in [0.1, 0.15) is 22.5 Å². The van der Waals surface area contributed by atoms with Crippen LogP contribution in [-0.2, 0) is 9.53 Å². The number of nitrogens with zero attached hydrogens (tertiary/aromatic N) is 3. The highest BCUT2D eigenvalue weighted by molar-refractivity contribution is 7.11. The first-order chi connectivity index (χ1) is 17.1. The minimum atomic E-state index is -0.528. The fraction of sp³-hybridized carbons (Fsp3) is 0.320. The highest BCUT2D eigenvalue weighted by Crippen LogP contribution is 2.31. The predicted octanol–water partition coefficient (Wildman–Crippen LogP) is 4.34. The summed E-state index contributed by atoms with van der Waals surface area (Å²) >= 11 is 1.26. The number of fused-ring (bicyclic) bond motifs is 1. The first-order valence-electron chi connectivity index (χ1n) is 11.4. The number of rotatable bonds is 12. The van der Waals surface area contributed by atoms with E-state index < -0.39 is 6.04 Å². The Morgan fingerprint density at radius 1 is 1.23 bits per heavy atom. The summed E-state index contributed by atoms with van der Waals surface area (Å²) in [6.07, 6.45) is 4.85. The summed E-state index contributed by atoms with van der Waals surface area (Å²) in [6, 6.07) is 9.25. The number of ketones is 1. The molecule has 35 heavy (non-hydrogen) atoms. The summed E-state index contributed by atoms with van der Waals surface area (Å²) in [5.74, 6) is 0.959. The van der Waals surface area contributed by atoms with Crippen molar-refractivity contribution in [3.63, 3.8) is 0 Å². The largest absolute Gasteiger partial charge is 0.480 e. The molecule has 0 aliphatic rings. The van der Waals surface area contributed by atoms with Crippen LogP contribution in [0.4, 0.5) is 0 Å². The topological polar surface area (TPSA) is 119 Å². The number of hydrogen-bond acceptors (Lipinski definition) is 8. The lowest BCUT2D eigenvalue weighted by atomic mass is 10.1. The number of nitrogens with one attached hydrogen (secondary N) is 2. The summed E-state index contributed by atoms with van der Waals surface area (Å²) in [6.45, 7) is 2.46. The molecule has 0 saturated heterocycles. The van der Waals surface area contributed by atoms with Crippen LogP contribution < -0.4 is 10.1 Å². The first-order valence-corrected chi connectivity index (χ1v) is 12.2. The lowest BCUT2D eigenvalue weighted by Crippen LogP contribution is -2.32. The molecule has 0 bridgehead atoms. The second-order valence-corrected chi connectivity index (χ2v) is 8.77. The van der Waals surface area contributed by atoms with E-state index in [2.05, 4.69) is 25.3 Å². The molecule has 2 N–H and O–H groups in total. The fourth-order valence-corrected chi connectivity index (χ4v) is 4.12. The van der Waals surface area contributed by atoms with Crippen molar-refractivity contribution in [3.8, 4) is 17.1 Å². The SMILES string of the molecule is CCC(=O)CCCOCC(NC(=O)c1cncs1)c1ncc(-c2cc3ccccc3nc2OC)[nH]1.